The number of rotatable bonds is 5. The molecule has 64 valence electrons. The molecule has 5 heteroatoms. The summed E-state index contributed by atoms with van der Waals surface area (Å²) in [5.41, 5.74) is 0. The van der Waals surface area contributed by atoms with Crippen molar-refractivity contribution in [1.82, 2.24) is 5.32 Å². The number of nitrogens with one attached hydrogen (secondary N) is 1. The molecule has 3 N–H and O–H groups in total. The van der Waals surface area contributed by atoms with Crippen LogP contribution < -0.4 is 5.32 Å². The summed E-state index contributed by atoms with van der Waals surface area (Å²) in [6.45, 7) is 2.17. The summed E-state index contributed by atoms with van der Waals surface area (Å²) in [7, 11) is 0. The molecule has 0 saturated heterocycles. The van der Waals surface area contributed by atoms with Gasteiger partial charge in [0.1, 0.15) is 6.04 Å². The Morgan fingerprint density at radius 2 is 2.00 bits per heavy atom. The fraction of sp³-hybridized carbons (Fsp3) is 0.667. The molecule has 0 heterocycles. The summed E-state index contributed by atoms with van der Waals surface area (Å²) in [5, 5.41) is 19.2. The van der Waals surface area contributed by atoms with E-state index in [1.54, 1.807) is 6.92 Å². The number of carboxylic acids is 2. The smallest absolute Gasteiger partial charge is 0.321 e. The molecule has 0 aliphatic rings. The van der Waals surface area contributed by atoms with Gasteiger partial charge in [-0.25, -0.2) is 0 Å². The van der Waals surface area contributed by atoms with E-state index in [9.17, 15) is 9.59 Å². The van der Waals surface area contributed by atoms with Crippen LogP contribution in [0.15, 0.2) is 0 Å². The first kappa shape index (κ1) is 9.90. The van der Waals surface area contributed by atoms with Crippen LogP contribution in [0.2, 0.25) is 0 Å². The van der Waals surface area contributed by atoms with Crippen molar-refractivity contribution in [1.29, 1.82) is 0 Å². The van der Waals surface area contributed by atoms with Crippen molar-refractivity contribution >= 4 is 11.9 Å². The topological polar surface area (TPSA) is 86.6 Å². The van der Waals surface area contributed by atoms with E-state index in [1.807, 2.05) is 0 Å². The second-order valence-electron chi connectivity index (χ2n) is 2.05. The molecule has 0 saturated carbocycles. The van der Waals surface area contributed by atoms with Gasteiger partial charge in [0.05, 0.1) is 6.42 Å². The quantitative estimate of drug-likeness (QED) is 0.507. The fourth-order valence-corrected chi connectivity index (χ4v) is 0.668. The van der Waals surface area contributed by atoms with Crippen molar-refractivity contribution in [2.75, 3.05) is 6.54 Å². The molecule has 0 amide bonds. The maximum Gasteiger partial charge on any atom is 0.321 e. The van der Waals surface area contributed by atoms with Gasteiger partial charge in [0.15, 0.2) is 0 Å². The van der Waals surface area contributed by atoms with Gasteiger partial charge in [0.25, 0.3) is 0 Å². The number of likely N-dealkylation sites (N-methyl/N-ethyl adjacent to an activating group) is 1. The van der Waals surface area contributed by atoms with Crippen molar-refractivity contribution in [3.63, 3.8) is 0 Å². The Labute approximate surface area is 64.0 Å². The molecular weight excluding hydrogens is 150 g/mol. The molecule has 11 heavy (non-hydrogen) atoms. The summed E-state index contributed by atoms with van der Waals surface area (Å²) < 4.78 is 0. The van der Waals surface area contributed by atoms with Crippen LogP contribution in [0.25, 0.3) is 0 Å². The van der Waals surface area contributed by atoms with Crippen LogP contribution in [0.5, 0.6) is 0 Å². The zero-order valence-corrected chi connectivity index (χ0v) is 6.20. The third kappa shape index (κ3) is 4.32. The van der Waals surface area contributed by atoms with E-state index in [-0.39, 0.29) is 6.42 Å². The molecule has 0 aliphatic heterocycles. The summed E-state index contributed by atoms with van der Waals surface area (Å²) in [6.07, 6.45) is -0.386. The van der Waals surface area contributed by atoms with Crippen molar-refractivity contribution in [3.8, 4) is 0 Å². The van der Waals surface area contributed by atoms with Crippen molar-refractivity contribution in [3.05, 3.63) is 0 Å². The second kappa shape index (κ2) is 4.68. The zero-order chi connectivity index (χ0) is 8.85. The van der Waals surface area contributed by atoms with E-state index in [0.717, 1.165) is 0 Å². The van der Waals surface area contributed by atoms with Crippen molar-refractivity contribution in [2.45, 2.75) is 19.4 Å². The lowest BCUT2D eigenvalue weighted by atomic mass is 10.2. The number of carbonyl (C=O) groups is 2. The molecule has 0 aliphatic carbocycles. The molecule has 0 rings (SSSR count). The summed E-state index contributed by atoms with van der Waals surface area (Å²) in [6, 6.07) is -0.975. The largest absolute Gasteiger partial charge is 0.481 e. The lowest BCUT2D eigenvalue weighted by Crippen LogP contribution is -2.38. The monoisotopic (exact) mass is 161 g/mol. The summed E-state index contributed by atoms with van der Waals surface area (Å²) >= 11 is 0. The van der Waals surface area contributed by atoms with Gasteiger partial charge >= 0.3 is 11.9 Å². The normalized spacial score (nSPS) is 12.5. The first-order chi connectivity index (χ1) is 5.07. The predicted molar refractivity (Wildman–Crippen MR) is 37.4 cm³/mol. The molecule has 0 aromatic carbocycles. The Balaban J connectivity index is 3.89. The molecule has 0 bridgehead atoms. The van der Waals surface area contributed by atoms with Gasteiger partial charge in [0.2, 0.25) is 0 Å². The summed E-state index contributed by atoms with van der Waals surface area (Å²) in [4.78, 5) is 20.4. The van der Waals surface area contributed by atoms with Gasteiger partial charge in [-0.2, -0.15) is 0 Å². The highest BCUT2D eigenvalue weighted by molar-refractivity contribution is 5.80. The van der Waals surface area contributed by atoms with Gasteiger partial charge in [0, 0.05) is 0 Å². The average Bonchev–Trinajstić information content (AvgIpc) is 1.86. The minimum Gasteiger partial charge on any atom is -0.481 e. The minimum atomic E-state index is -1.13. The van der Waals surface area contributed by atoms with Gasteiger partial charge < -0.3 is 15.5 Å². The first-order valence-corrected chi connectivity index (χ1v) is 3.26. The second-order valence-corrected chi connectivity index (χ2v) is 2.05. The van der Waals surface area contributed by atoms with Gasteiger partial charge in [-0.05, 0) is 6.54 Å². The van der Waals surface area contributed by atoms with Crippen LogP contribution in [0.3, 0.4) is 0 Å². The number of aliphatic carboxylic acids is 2. The highest BCUT2D eigenvalue weighted by Gasteiger charge is 2.18. The van der Waals surface area contributed by atoms with E-state index in [4.69, 9.17) is 10.2 Å². The van der Waals surface area contributed by atoms with Crippen LogP contribution >= 0.6 is 0 Å². The SMILES string of the molecule is CCNC(CC(=O)O)C(=O)O. The van der Waals surface area contributed by atoms with Crippen molar-refractivity contribution in [2.24, 2.45) is 0 Å². The highest BCUT2D eigenvalue weighted by atomic mass is 16.4. The third-order valence-corrected chi connectivity index (χ3v) is 1.13. The number of carboxylic acid groups (broad SMARTS) is 2. The Morgan fingerprint density at radius 1 is 1.45 bits per heavy atom. The summed E-state index contributed by atoms with van der Waals surface area (Å²) in [5.74, 6) is -2.24. The first-order valence-electron chi connectivity index (χ1n) is 3.26. The standard InChI is InChI=1S/C6H11NO4/c1-2-7-4(6(10)11)3-5(8)9/h4,7H,2-3H2,1H3,(H,8,9)(H,10,11). The molecule has 5 nitrogen and oxygen atoms in total. The molecular formula is C6H11NO4. The zero-order valence-electron chi connectivity index (χ0n) is 6.20. The van der Waals surface area contributed by atoms with E-state index < -0.39 is 18.0 Å². The van der Waals surface area contributed by atoms with Crippen molar-refractivity contribution < 1.29 is 19.8 Å². The highest BCUT2D eigenvalue weighted by Crippen LogP contribution is 1.91. The minimum absolute atomic E-state index is 0.386. The Morgan fingerprint density at radius 3 is 2.27 bits per heavy atom. The van der Waals surface area contributed by atoms with E-state index in [0.29, 0.717) is 6.54 Å². The fourth-order valence-electron chi connectivity index (χ4n) is 0.668. The van der Waals surface area contributed by atoms with Crippen LogP contribution in [0.1, 0.15) is 13.3 Å². The number of hydrogen-bond donors (Lipinski definition) is 3. The Hall–Kier alpha value is -1.10. The molecule has 1 atom stereocenters. The molecule has 1 unspecified atom stereocenters. The van der Waals surface area contributed by atoms with Crippen LogP contribution in [0, 0.1) is 0 Å². The maximum absolute atomic E-state index is 10.3. The Kier molecular flexibility index (Phi) is 4.21. The average molecular weight is 161 g/mol. The van der Waals surface area contributed by atoms with Gasteiger partial charge in [-0.1, -0.05) is 6.92 Å². The maximum atomic E-state index is 10.3. The molecule has 0 aromatic rings. The molecule has 0 spiro atoms. The van der Waals surface area contributed by atoms with Gasteiger partial charge in [-0.3, -0.25) is 9.59 Å². The van der Waals surface area contributed by atoms with Crippen LogP contribution in [-0.4, -0.2) is 34.7 Å². The molecule has 0 aromatic heterocycles. The van der Waals surface area contributed by atoms with Crippen LogP contribution in [-0.2, 0) is 9.59 Å². The lowest BCUT2D eigenvalue weighted by Gasteiger charge is -2.08. The number of hydrogen-bond acceptors (Lipinski definition) is 3. The van der Waals surface area contributed by atoms with Gasteiger partial charge in [-0.15, -0.1) is 0 Å². The van der Waals surface area contributed by atoms with E-state index >= 15 is 0 Å². The van der Waals surface area contributed by atoms with Crippen LogP contribution in [0.4, 0.5) is 0 Å². The Bertz CT molecular complexity index is 157. The van der Waals surface area contributed by atoms with E-state index in [2.05, 4.69) is 5.32 Å². The molecule has 0 fully saturated rings. The lowest BCUT2D eigenvalue weighted by molar-refractivity contribution is -0.145. The predicted octanol–water partition coefficient (Wildman–Crippen LogP) is -0.476. The third-order valence-electron chi connectivity index (χ3n) is 1.13. The molecule has 0 radical (unpaired) electrons. The van der Waals surface area contributed by atoms with E-state index in [1.165, 1.54) is 0 Å².